The Labute approximate surface area is 92.4 Å². The maximum Gasteiger partial charge on any atom is 0.252 e. The van der Waals surface area contributed by atoms with Gasteiger partial charge in [-0.15, -0.1) is 0 Å². The zero-order valence-corrected chi connectivity index (χ0v) is 9.01. The molecule has 0 fully saturated rings. The second-order valence-corrected chi connectivity index (χ2v) is 3.67. The van der Waals surface area contributed by atoms with Crippen LogP contribution in [0.15, 0.2) is 18.2 Å². The Morgan fingerprint density at radius 1 is 1.67 bits per heavy atom. The van der Waals surface area contributed by atoms with Crippen molar-refractivity contribution in [2.75, 3.05) is 6.54 Å². The first-order valence-corrected chi connectivity index (χ1v) is 4.88. The number of halogens is 2. The zero-order chi connectivity index (χ0) is 11.4. The molecule has 0 saturated carbocycles. The van der Waals surface area contributed by atoms with E-state index < -0.39 is 11.7 Å². The molecule has 3 N–H and O–H groups in total. The molecule has 3 nitrogen and oxygen atoms in total. The molecule has 0 radical (unpaired) electrons. The van der Waals surface area contributed by atoms with Gasteiger partial charge in [0.05, 0.1) is 10.6 Å². The van der Waals surface area contributed by atoms with Crippen molar-refractivity contribution in [2.45, 2.75) is 13.0 Å². The molecule has 1 rings (SSSR count). The third kappa shape index (κ3) is 3.18. The van der Waals surface area contributed by atoms with Crippen LogP contribution in [0.4, 0.5) is 4.39 Å². The molecule has 1 atom stereocenters. The first-order valence-electron chi connectivity index (χ1n) is 4.50. The SMILES string of the molecule is CC(N)CNC(=O)c1cccc(F)c1Cl. The highest BCUT2D eigenvalue weighted by atomic mass is 35.5. The number of nitrogens with one attached hydrogen (secondary N) is 1. The van der Waals surface area contributed by atoms with Crippen LogP contribution >= 0.6 is 11.6 Å². The molecule has 0 bridgehead atoms. The molecule has 0 aromatic heterocycles. The highest BCUT2D eigenvalue weighted by molar-refractivity contribution is 6.34. The summed E-state index contributed by atoms with van der Waals surface area (Å²) in [4.78, 5) is 11.5. The summed E-state index contributed by atoms with van der Waals surface area (Å²) in [5.41, 5.74) is 5.59. The lowest BCUT2D eigenvalue weighted by Gasteiger charge is -2.08. The lowest BCUT2D eigenvalue weighted by molar-refractivity contribution is 0.0951. The topological polar surface area (TPSA) is 55.1 Å². The van der Waals surface area contributed by atoms with Crippen molar-refractivity contribution in [3.8, 4) is 0 Å². The van der Waals surface area contributed by atoms with Gasteiger partial charge in [0.1, 0.15) is 5.82 Å². The highest BCUT2D eigenvalue weighted by Gasteiger charge is 2.12. The molecule has 1 aromatic carbocycles. The van der Waals surface area contributed by atoms with E-state index in [1.54, 1.807) is 6.92 Å². The van der Waals surface area contributed by atoms with Gasteiger partial charge in [-0.05, 0) is 19.1 Å². The van der Waals surface area contributed by atoms with Crippen LogP contribution in [0.5, 0.6) is 0 Å². The first-order chi connectivity index (χ1) is 7.02. The molecule has 1 unspecified atom stereocenters. The molecule has 1 amide bonds. The number of carbonyl (C=O) groups is 1. The molecule has 82 valence electrons. The summed E-state index contributed by atoms with van der Waals surface area (Å²) in [5, 5.41) is 2.38. The fraction of sp³-hybridized carbons (Fsp3) is 0.300. The molecule has 0 aliphatic rings. The van der Waals surface area contributed by atoms with Gasteiger partial charge in [-0.1, -0.05) is 17.7 Å². The van der Waals surface area contributed by atoms with Gasteiger partial charge in [0, 0.05) is 12.6 Å². The molecular formula is C10H12ClFN2O. The third-order valence-corrected chi connectivity index (χ3v) is 2.16. The normalized spacial score (nSPS) is 12.3. The summed E-state index contributed by atoms with van der Waals surface area (Å²) in [6, 6.07) is 3.94. The average Bonchev–Trinajstić information content (AvgIpc) is 2.18. The summed E-state index contributed by atoms with van der Waals surface area (Å²) in [7, 11) is 0. The first kappa shape index (κ1) is 11.9. The predicted octanol–water partition coefficient (Wildman–Crippen LogP) is 1.56. The number of amides is 1. The molecule has 0 aliphatic carbocycles. The van der Waals surface area contributed by atoms with E-state index in [0.717, 1.165) is 0 Å². The van der Waals surface area contributed by atoms with Crippen LogP contribution in [0.2, 0.25) is 5.02 Å². The van der Waals surface area contributed by atoms with E-state index in [4.69, 9.17) is 17.3 Å². The summed E-state index contributed by atoms with van der Waals surface area (Å²) < 4.78 is 13.0. The molecular weight excluding hydrogens is 219 g/mol. The zero-order valence-electron chi connectivity index (χ0n) is 8.26. The van der Waals surface area contributed by atoms with Gasteiger partial charge in [0.15, 0.2) is 0 Å². The molecule has 15 heavy (non-hydrogen) atoms. The fourth-order valence-electron chi connectivity index (χ4n) is 1.03. The van der Waals surface area contributed by atoms with Crippen LogP contribution < -0.4 is 11.1 Å². The minimum Gasteiger partial charge on any atom is -0.350 e. The lowest BCUT2D eigenvalue weighted by Crippen LogP contribution is -2.35. The minimum atomic E-state index is -0.606. The maximum absolute atomic E-state index is 13.0. The second-order valence-electron chi connectivity index (χ2n) is 3.29. The van der Waals surface area contributed by atoms with Crippen molar-refractivity contribution in [3.05, 3.63) is 34.6 Å². The quantitative estimate of drug-likeness (QED) is 0.828. The number of nitrogens with two attached hydrogens (primary N) is 1. The van der Waals surface area contributed by atoms with Crippen LogP contribution in [-0.4, -0.2) is 18.5 Å². The van der Waals surface area contributed by atoms with Gasteiger partial charge in [-0.3, -0.25) is 4.79 Å². The Hall–Kier alpha value is -1.13. The average molecular weight is 231 g/mol. The summed E-state index contributed by atoms with van der Waals surface area (Å²) in [5.74, 6) is -1.03. The van der Waals surface area contributed by atoms with Crippen molar-refractivity contribution in [1.29, 1.82) is 0 Å². The van der Waals surface area contributed by atoms with E-state index >= 15 is 0 Å². The Bertz CT molecular complexity index is 368. The van der Waals surface area contributed by atoms with Crippen LogP contribution in [-0.2, 0) is 0 Å². The van der Waals surface area contributed by atoms with E-state index in [9.17, 15) is 9.18 Å². The van der Waals surface area contributed by atoms with E-state index in [-0.39, 0.29) is 16.6 Å². The Kier molecular flexibility index (Phi) is 4.05. The van der Waals surface area contributed by atoms with Crippen molar-refractivity contribution < 1.29 is 9.18 Å². The predicted molar refractivity (Wildman–Crippen MR) is 57.4 cm³/mol. The number of carbonyl (C=O) groups excluding carboxylic acids is 1. The molecule has 1 aromatic rings. The van der Waals surface area contributed by atoms with Crippen LogP contribution in [0.1, 0.15) is 17.3 Å². The van der Waals surface area contributed by atoms with Gasteiger partial charge in [0.25, 0.3) is 5.91 Å². The number of hydrogen-bond acceptors (Lipinski definition) is 2. The monoisotopic (exact) mass is 230 g/mol. The highest BCUT2D eigenvalue weighted by Crippen LogP contribution is 2.19. The van der Waals surface area contributed by atoms with E-state index in [0.29, 0.717) is 6.54 Å². The number of hydrogen-bond donors (Lipinski definition) is 2. The molecule has 0 heterocycles. The molecule has 0 spiro atoms. The summed E-state index contributed by atoms with van der Waals surface area (Å²) >= 11 is 5.64. The van der Waals surface area contributed by atoms with E-state index in [2.05, 4.69) is 5.32 Å². The third-order valence-electron chi connectivity index (χ3n) is 1.78. The van der Waals surface area contributed by atoms with E-state index in [1.165, 1.54) is 18.2 Å². The minimum absolute atomic E-state index is 0.123. The second kappa shape index (κ2) is 5.09. The largest absolute Gasteiger partial charge is 0.350 e. The lowest BCUT2D eigenvalue weighted by atomic mass is 10.2. The molecule has 0 saturated heterocycles. The van der Waals surface area contributed by atoms with Crippen LogP contribution in [0.25, 0.3) is 0 Å². The van der Waals surface area contributed by atoms with Crippen LogP contribution in [0.3, 0.4) is 0 Å². The van der Waals surface area contributed by atoms with Crippen molar-refractivity contribution in [2.24, 2.45) is 5.73 Å². The number of rotatable bonds is 3. The Morgan fingerprint density at radius 2 is 2.33 bits per heavy atom. The van der Waals surface area contributed by atoms with Gasteiger partial charge >= 0.3 is 0 Å². The van der Waals surface area contributed by atoms with Crippen molar-refractivity contribution >= 4 is 17.5 Å². The smallest absolute Gasteiger partial charge is 0.252 e. The Balaban J connectivity index is 2.78. The number of benzene rings is 1. The van der Waals surface area contributed by atoms with Gasteiger partial charge in [-0.2, -0.15) is 0 Å². The maximum atomic E-state index is 13.0. The summed E-state index contributed by atoms with van der Waals surface area (Å²) in [6.45, 7) is 2.08. The molecule has 0 aliphatic heterocycles. The Morgan fingerprint density at radius 3 is 2.93 bits per heavy atom. The van der Waals surface area contributed by atoms with Crippen molar-refractivity contribution in [1.82, 2.24) is 5.32 Å². The van der Waals surface area contributed by atoms with Crippen molar-refractivity contribution in [3.63, 3.8) is 0 Å². The van der Waals surface area contributed by atoms with Crippen LogP contribution in [0, 0.1) is 5.82 Å². The van der Waals surface area contributed by atoms with E-state index in [1.807, 2.05) is 0 Å². The fourth-order valence-corrected chi connectivity index (χ4v) is 1.24. The summed E-state index contributed by atoms with van der Waals surface area (Å²) in [6.07, 6.45) is 0. The van der Waals surface area contributed by atoms with Gasteiger partial charge < -0.3 is 11.1 Å². The molecule has 5 heteroatoms. The van der Waals surface area contributed by atoms with Gasteiger partial charge in [0.2, 0.25) is 0 Å². The van der Waals surface area contributed by atoms with Gasteiger partial charge in [-0.25, -0.2) is 4.39 Å². The standard InChI is InChI=1S/C10H12ClFN2O/c1-6(13)5-14-10(15)7-3-2-4-8(12)9(7)11/h2-4,6H,5,13H2,1H3,(H,14,15).